The van der Waals surface area contributed by atoms with Crippen molar-refractivity contribution in [2.45, 2.75) is 198 Å². The zero-order chi connectivity index (χ0) is 115. The topological polar surface area (TPSA) is 77.3 Å². The number of rotatable bonds is 9. The summed E-state index contributed by atoms with van der Waals surface area (Å²) >= 11 is 0. The van der Waals surface area contributed by atoms with E-state index in [0.717, 1.165) is 149 Å². The number of fused-ring (bicyclic) bond motifs is 18. The number of aryl methyl sites for hydroxylation is 9. The summed E-state index contributed by atoms with van der Waals surface area (Å²) in [4.78, 5) is 26.4. The van der Waals surface area contributed by atoms with Gasteiger partial charge in [0.15, 0.2) is 0 Å². The first-order valence-electron chi connectivity index (χ1n) is 59.2. The molecular formula is C135H126Ir3N6-6. The Morgan fingerprint density at radius 3 is 0.750 bits per heavy atom. The van der Waals surface area contributed by atoms with E-state index in [4.69, 9.17) is 24.7 Å². The molecule has 21 aromatic rings. The number of hydrogen-bond acceptors (Lipinski definition) is 6. The molecular weight excluding hydrogens is 2280 g/mol. The molecule has 3 saturated carbocycles. The van der Waals surface area contributed by atoms with Crippen LogP contribution in [-0.4, -0.2) is 29.9 Å². The van der Waals surface area contributed by atoms with E-state index in [-0.39, 0.29) is 93.3 Å². The molecule has 24 rings (SSSR count). The van der Waals surface area contributed by atoms with Gasteiger partial charge in [0.2, 0.25) is 0 Å². The van der Waals surface area contributed by atoms with E-state index in [9.17, 15) is 4.11 Å². The Bertz CT molecular complexity index is 8760. The van der Waals surface area contributed by atoms with Gasteiger partial charge in [-0.05, 0) is 286 Å². The van der Waals surface area contributed by atoms with E-state index < -0.39 is 58.8 Å². The molecule has 6 heterocycles. The first kappa shape index (κ1) is 79.8. The molecule has 0 amide bonds. The van der Waals surface area contributed by atoms with Gasteiger partial charge in [-0.15, -0.1) is 179 Å². The van der Waals surface area contributed by atoms with E-state index in [1.807, 2.05) is 109 Å². The fourth-order valence-corrected chi connectivity index (χ4v) is 21.0. The fourth-order valence-electron chi connectivity index (χ4n) is 21.0. The Morgan fingerprint density at radius 2 is 0.486 bits per heavy atom. The van der Waals surface area contributed by atoms with Crippen molar-refractivity contribution in [3.8, 4) is 67.5 Å². The van der Waals surface area contributed by atoms with Crippen LogP contribution in [-0.2, 0) is 60.3 Å². The van der Waals surface area contributed by atoms with Crippen molar-refractivity contribution in [3.63, 3.8) is 0 Å². The molecule has 6 nitrogen and oxygen atoms in total. The van der Waals surface area contributed by atoms with Gasteiger partial charge in [0.1, 0.15) is 0 Å². The Kier molecular flexibility index (Phi) is 25.4. The Labute approximate surface area is 923 Å². The van der Waals surface area contributed by atoms with Gasteiger partial charge in [0, 0.05) is 126 Å². The number of benzene rings is 15. The maximum absolute atomic E-state index is 9.69. The van der Waals surface area contributed by atoms with Crippen molar-refractivity contribution >= 4 is 97.0 Å². The smallest absolute Gasteiger partial charge is 0.0352 e. The summed E-state index contributed by atoms with van der Waals surface area (Å²) in [6.07, 6.45) is 18.4. The largest absolute Gasteiger partial charge is 0.304 e. The van der Waals surface area contributed by atoms with Crippen molar-refractivity contribution < 1.29 is 89.1 Å². The zero-order valence-electron chi connectivity index (χ0n) is 103. The Morgan fingerprint density at radius 1 is 0.243 bits per heavy atom. The molecule has 0 aliphatic heterocycles. The van der Waals surface area contributed by atoms with E-state index in [1.54, 1.807) is 39.0 Å². The standard InChI is InChI=1S/C34H34N.C32H30N.C30H26N.3C13H12N.3Ir/c1-22-20-35-32(17-30(22)24-18-33(2,3)21-34(4,5)19-24)23-14-15-29-27-12-7-6-10-25(27)26-11-8-9-13-28(26)31(29)16-23;1-21-20-33-31(19-29(21)22-14-16-32(2,3)17-15-22)23-12-13-28-26-10-5-4-8-24(26)25-9-6-7-11-27(25)30(28)18-23;1-20-19-31-30(18-28(20)21-9-3-2-4-10-21)22-15-16-27-25-13-6-5-11-23(25)24-12-7-8-14-26(24)29(27)17-22;3*1-10-8-13(14-9-11(10)2)12-6-4-3-5-7-12;;;/h6-13,15-17,20,24H,18-19,21H2,1-5H3;4-11,13,18-20,22H,14-17H2,1-3H3;5-8,11-14,16-19,21H,2-4,9-10H2,1H3;3*3-6,8-9H,1-2H3;;;/q6*-1;;;/i1D3,24D;1D3,22D;1D3,21D;3*2D3;;;. The minimum Gasteiger partial charge on any atom is -0.304 e. The molecule has 0 saturated heterocycles. The van der Waals surface area contributed by atoms with Gasteiger partial charge < -0.3 is 29.9 Å². The first-order valence-corrected chi connectivity index (χ1v) is 48.7. The predicted octanol–water partition coefficient (Wildman–Crippen LogP) is 36.5. The number of aromatic nitrogens is 6. The zero-order valence-corrected chi connectivity index (χ0v) is 89.5. The molecule has 729 valence electrons. The average molecular weight is 2430 g/mol. The monoisotopic (exact) mass is 2430 g/mol. The van der Waals surface area contributed by atoms with Crippen LogP contribution in [0.4, 0.5) is 0 Å². The quantitative estimate of drug-likeness (QED) is 0.106. The van der Waals surface area contributed by atoms with E-state index in [0.29, 0.717) is 89.0 Å². The van der Waals surface area contributed by atoms with Gasteiger partial charge in [-0.3, -0.25) is 0 Å². The maximum atomic E-state index is 9.69. The summed E-state index contributed by atoms with van der Waals surface area (Å²) < 4.78 is 168. The second-order valence-corrected chi connectivity index (χ2v) is 40.0. The predicted molar refractivity (Wildman–Crippen MR) is 596 cm³/mol. The molecule has 9 heteroatoms. The Balaban J connectivity index is 0.000000143. The number of hydrogen-bond donors (Lipinski definition) is 0. The van der Waals surface area contributed by atoms with E-state index >= 15 is 0 Å². The van der Waals surface area contributed by atoms with Crippen LogP contribution >= 0.6 is 0 Å². The molecule has 0 bridgehead atoms. The molecule has 0 spiro atoms. The van der Waals surface area contributed by atoms with Gasteiger partial charge in [-0.2, -0.15) is 0 Å². The minimum absolute atomic E-state index is 0. The molecule has 3 fully saturated rings. The normalized spacial score (nSPS) is 17.7. The van der Waals surface area contributed by atoms with Gasteiger partial charge in [0.25, 0.3) is 0 Å². The van der Waals surface area contributed by atoms with Gasteiger partial charge >= 0.3 is 0 Å². The van der Waals surface area contributed by atoms with Gasteiger partial charge in [-0.1, -0.05) is 308 Å². The van der Waals surface area contributed by atoms with Crippen LogP contribution in [0.25, 0.3) is 164 Å². The number of pyridine rings is 6. The molecule has 3 radical (unpaired) electrons. The minimum atomic E-state index is -2.34. The second kappa shape index (κ2) is 45.8. The molecule has 3 aliphatic rings. The summed E-state index contributed by atoms with van der Waals surface area (Å²) in [5.74, 6) is -2.84. The molecule has 3 aliphatic carbocycles. The van der Waals surface area contributed by atoms with Crippen molar-refractivity contribution in [2.75, 3.05) is 0 Å². The third kappa shape index (κ3) is 23.4. The second-order valence-electron chi connectivity index (χ2n) is 40.0. The molecule has 0 N–H and O–H groups in total. The van der Waals surface area contributed by atoms with Gasteiger partial charge in [0.05, 0.1) is 0 Å². The summed E-state index contributed by atoms with van der Waals surface area (Å²) in [5, 5.41) is 21.0. The third-order valence-electron chi connectivity index (χ3n) is 28.0. The van der Waals surface area contributed by atoms with Crippen molar-refractivity contribution in [1.29, 1.82) is 0 Å². The number of nitrogens with zero attached hydrogens (tertiary/aromatic N) is 6. The fraction of sp³-hybridized carbons (Fsp3) is 0.244. The molecule has 144 heavy (non-hydrogen) atoms. The molecule has 0 unspecified atom stereocenters. The van der Waals surface area contributed by atoms with E-state index in [1.165, 1.54) is 91.0 Å². The van der Waals surface area contributed by atoms with Crippen LogP contribution in [0.5, 0.6) is 0 Å². The Hall–Kier alpha value is -12.5. The summed E-state index contributed by atoms with van der Waals surface area (Å²) in [6, 6.07) is 116. The van der Waals surface area contributed by atoms with Crippen LogP contribution in [0.15, 0.2) is 328 Å². The van der Waals surface area contributed by atoms with Gasteiger partial charge in [-0.25, -0.2) is 0 Å². The van der Waals surface area contributed by atoms with Crippen LogP contribution in [0, 0.1) is 115 Å². The summed E-state index contributed by atoms with van der Waals surface area (Å²) in [6.45, 7) is 5.34. The van der Waals surface area contributed by atoms with Crippen LogP contribution in [0.3, 0.4) is 0 Å². The van der Waals surface area contributed by atoms with Crippen LogP contribution in [0.1, 0.15) is 232 Å². The SMILES string of the molecule is [2H]C([2H])([2H])c1cnc(-c2[c-]cc3c4ccccc4c4ccccc4c3c2)cc1C1([2H])CC(C)(C)CC(C)(C)C1.[2H]C([2H])([2H])c1cnc(-c2[c-]cc3c4ccccc4c4ccccc4c3c2)cc1C1([2H])CCC(C)(C)CC1.[2H]C([2H])([2H])c1cnc(-c2[c-]cc3c4ccccc4c4ccccc4c3c2)cc1C1([2H])CCCCC1.[2H]C([2H])([2H])c1cnc(-c2[c-]cccc2)cc1C.[2H]C([2H])([2H])c1cnc(-c2[c-]cccc2)cc1C.[2H]C([2H])([2H])c1cnc(-c2[c-]cccc2)cc1C.[Ir].[Ir].[Ir]. The molecule has 0 atom stereocenters. The molecule has 6 aromatic heterocycles. The van der Waals surface area contributed by atoms with E-state index in [2.05, 4.69) is 272 Å². The first-order chi connectivity index (χ1) is 76.6. The van der Waals surface area contributed by atoms with Crippen molar-refractivity contribution in [2.24, 2.45) is 16.2 Å². The average Bonchev–Trinajstić information content (AvgIpc) is 0.735. The summed E-state index contributed by atoms with van der Waals surface area (Å²) in [7, 11) is 0. The van der Waals surface area contributed by atoms with Crippen LogP contribution < -0.4 is 0 Å². The molecule has 15 aromatic carbocycles. The van der Waals surface area contributed by atoms with Crippen molar-refractivity contribution in [1.82, 2.24) is 29.9 Å². The van der Waals surface area contributed by atoms with Crippen LogP contribution in [0.2, 0.25) is 0 Å². The van der Waals surface area contributed by atoms with Crippen molar-refractivity contribution in [3.05, 3.63) is 432 Å². The third-order valence-corrected chi connectivity index (χ3v) is 28.0. The maximum Gasteiger partial charge on any atom is 0.0352 e. The summed E-state index contributed by atoms with van der Waals surface area (Å²) in [5.41, 5.74) is 14.7.